The lowest BCUT2D eigenvalue weighted by molar-refractivity contribution is 0.101. The molecule has 27 heavy (non-hydrogen) atoms. The standard InChI is InChI=1S/C20H20N4O3/c1-11-4-5-12(2)18(21)17(11)20(26)24-15-8-6-14(7-9-15)23-19(25)16-10-22-27-13(16)3/h4-10H,21H2,1-3H3,(H,23,25)(H,24,26). The number of aromatic nitrogens is 1. The van der Waals surface area contributed by atoms with Gasteiger partial charge in [-0.25, -0.2) is 0 Å². The first kappa shape index (κ1) is 18.2. The summed E-state index contributed by atoms with van der Waals surface area (Å²) >= 11 is 0. The first-order valence-corrected chi connectivity index (χ1v) is 8.36. The van der Waals surface area contributed by atoms with Crippen LogP contribution in [0.25, 0.3) is 0 Å². The largest absolute Gasteiger partial charge is 0.398 e. The van der Waals surface area contributed by atoms with Crippen LogP contribution in [0.15, 0.2) is 47.1 Å². The Kier molecular flexibility index (Phi) is 4.94. The second kappa shape index (κ2) is 7.33. The van der Waals surface area contributed by atoms with E-state index in [9.17, 15) is 9.59 Å². The summed E-state index contributed by atoms with van der Waals surface area (Å²) in [4.78, 5) is 24.7. The number of nitrogens with two attached hydrogens (primary N) is 1. The van der Waals surface area contributed by atoms with Crippen molar-refractivity contribution in [1.82, 2.24) is 5.16 Å². The normalized spacial score (nSPS) is 10.5. The van der Waals surface area contributed by atoms with Crippen LogP contribution in [0, 0.1) is 20.8 Å². The van der Waals surface area contributed by atoms with Gasteiger partial charge in [0.05, 0.1) is 11.8 Å². The first-order valence-electron chi connectivity index (χ1n) is 8.36. The van der Waals surface area contributed by atoms with Gasteiger partial charge in [-0.2, -0.15) is 0 Å². The summed E-state index contributed by atoms with van der Waals surface area (Å²) in [6.07, 6.45) is 1.37. The monoisotopic (exact) mass is 364 g/mol. The third-order valence-corrected chi connectivity index (χ3v) is 4.29. The minimum absolute atomic E-state index is 0.273. The molecule has 7 nitrogen and oxygen atoms in total. The number of hydrogen-bond donors (Lipinski definition) is 3. The van der Waals surface area contributed by atoms with Crippen molar-refractivity contribution in [2.75, 3.05) is 16.4 Å². The van der Waals surface area contributed by atoms with E-state index < -0.39 is 0 Å². The van der Waals surface area contributed by atoms with E-state index in [0.717, 1.165) is 11.1 Å². The Balaban J connectivity index is 1.71. The molecule has 0 aliphatic carbocycles. The molecule has 0 aliphatic rings. The van der Waals surface area contributed by atoms with E-state index in [1.165, 1.54) is 6.20 Å². The Bertz CT molecular complexity index is 1010. The quantitative estimate of drug-likeness (QED) is 0.612. The number of amides is 2. The maximum Gasteiger partial charge on any atom is 0.260 e. The summed E-state index contributed by atoms with van der Waals surface area (Å²) in [5.74, 6) is -0.137. The van der Waals surface area contributed by atoms with Crippen molar-refractivity contribution in [3.8, 4) is 0 Å². The van der Waals surface area contributed by atoms with E-state index in [0.29, 0.717) is 33.9 Å². The third kappa shape index (κ3) is 3.82. The average molecular weight is 364 g/mol. The SMILES string of the molecule is Cc1ccc(C)c(C(=O)Nc2ccc(NC(=O)c3cnoc3C)cc2)c1N. The molecule has 0 saturated carbocycles. The lowest BCUT2D eigenvalue weighted by Gasteiger charge is -2.12. The molecule has 0 aliphatic heterocycles. The molecule has 1 heterocycles. The molecule has 3 aromatic rings. The second-order valence-corrected chi connectivity index (χ2v) is 6.27. The predicted octanol–water partition coefficient (Wildman–Crippen LogP) is 3.69. The molecule has 1 aromatic heterocycles. The number of nitrogen functional groups attached to an aromatic ring is 1. The summed E-state index contributed by atoms with van der Waals surface area (Å²) in [5, 5.41) is 9.17. The molecular weight excluding hydrogens is 344 g/mol. The Morgan fingerprint density at radius 3 is 2.00 bits per heavy atom. The topological polar surface area (TPSA) is 110 Å². The van der Waals surface area contributed by atoms with Crippen LogP contribution >= 0.6 is 0 Å². The highest BCUT2D eigenvalue weighted by atomic mass is 16.5. The van der Waals surface area contributed by atoms with Crippen LogP contribution in [-0.4, -0.2) is 17.0 Å². The fraction of sp³-hybridized carbons (Fsp3) is 0.150. The zero-order chi connectivity index (χ0) is 19.6. The van der Waals surface area contributed by atoms with Crippen molar-refractivity contribution in [1.29, 1.82) is 0 Å². The molecule has 138 valence electrons. The minimum Gasteiger partial charge on any atom is -0.398 e. The van der Waals surface area contributed by atoms with Gasteiger partial charge in [0.1, 0.15) is 11.3 Å². The van der Waals surface area contributed by atoms with Crippen molar-refractivity contribution >= 4 is 28.9 Å². The number of rotatable bonds is 4. The van der Waals surface area contributed by atoms with Crippen LogP contribution in [0.4, 0.5) is 17.1 Å². The number of nitrogens with one attached hydrogen (secondary N) is 2. The maximum absolute atomic E-state index is 12.6. The van der Waals surface area contributed by atoms with Gasteiger partial charge in [-0.3, -0.25) is 9.59 Å². The van der Waals surface area contributed by atoms with Crippen molar-refractivity contribution in [3.05, 3.63) is 70.6 Å². The molecule has 0 atom stereocenters. The zero-order valence-electron chi connectivity index (χ0n) is 15.3. The van der Waals surface area contributed by atoms with Gasteiger partial charge in [-0.05, 0) is 56.2 Å². The lowest BCUT2D eigenvalue weighted by Crippen LogP contribution is -2.16. The number of anilines is 3. The summed E-state index contributed by atoms with van der Waals surface area (Å²) in [6.45, 7) is 5.37. The maximum atomic E-state index is 12.6. The number of carbonyl (C=O) groups is 2. The Labute approximate surface area is 156 Å². The van der Waals surface area contributed by atoms with Gasteiger partial charge in [0.25, 0.3) is 11.8 Å². The van der Waals surface area contributed by atoms with Crippen LogP contribution in [0.5, 0.6) is 0 Å². The highest BCUT2D eigenvalue weighted by Crippen LogP contribution is 2.23. The fourth-order valence-corrected chi connectivity index (χ4v) is 2.68. The van der Waals surface area contributed by atoms with Gasteiger partial charge in [0.15, 0.2) is 0 Å². The van der Waals surface area contributed by atoms with Crippen molar-refractivity contribution in [3.63, 3.8) is 0 Å². The predicted molar refractivity (Wildman–Crippen MR) is 104 cm³/mol. The van der Waals surface area contributed by atoms with Crippen LogP contribution in [0.2, 0.25) is 0 Å². The Hall–Kier alpha value is -3.61. The van der Waals surface area contributed by atoms with Crippen LogP contribution < -0.4 is 16.4 Å². The molecule has 7 heteroatoms. The van der Waals surface area contributed by atoms with Crippen LogP contribution in [0.3, 0.4) is 0 Å². The van der Waals surface area contributed by atoms with Gasteiger partial charge >= 0.3 is 0 Å². The van der Waals surface area contributed by atoms with E-state index in [1.807, 2.05) is 26.0 Å². The lowest BCUT2D eigenvalue weighted by atomic mass is 10.0. The molecule has 3 rings (SSSR count). The third-order valence-electron chi connectivity index (χ3n) is 4.29. The number of nitrogens with zero attached hydrogens (tertiary/aromatic N) is 1. The molecule has 0 bridgehead atoms. The zero-order valence-corrected chi connectivity index (χ0v) is 15.3. The molecular formula is C20H20N4O3. The van der Waals surface area contributed by atoms with Gasteiger partial charge in [-0.1, -0.05) is 17.3 Å². The molecule has 0 radical (unpaired) electrons. The average Bonchev–Trinajstić information content (AvgIpc) is 3.06. The highest BCUT2D eigenvalue weighted by molar-refractivity contribution is 6.09. The van der Waals surface area contributed by atoms with Gasteiger partial charge in [-0.15, -0.1) is 0 Å². The fourth-order valence-electron chi connectivity index (χ4n) is 2.68. The summed E-state index contributed by atoms with van der Waals surface area (Å²) in [6, 6.07) is 10.6. The van der Waals surface area contributed by atoms with E-state index >= 15 is 0 Å². The summed E-state index contributed by atoms with van der Waals surface area (Å²) < 4.78 is 4.89. The second-order valence-electron chi connectivity index (χ2n) is 6.27. The minimum atomic E-state index is -0.311. The molecule has 0 fully saturated rings. The number of carbonyl (C=O) groups excluding carboxylic acids is 2. The number of hydrogen-bond acceptors (Lipinski definition) is 5. The Morgan fingerprint density at radius 2 is 1.44 bits per heavy atom. The van der Waals surface area contributed by atoms with Crippen molar-refractivity contribution in [2.45, 2.75) is 20.8 Å². The summed E-state index contributed by atoms with van der Waals surface area (Å²) in [5.41, 5.74) is 10.2. The van der Waals surface area contributed by atoms with E-state index in [4.69, 9.17) is 10.3 Å². The van der Waals surface area contributed by atoms with Crippen molar-refractivity contribution < 1.29 is 14.1 Å². The highest BCUT2D eigenvalue weighted by Gasteiger charge is 2.15. The van der Waals surface area contributed by atoms with Gasteiger partial charge in [0.2, 0.25) is 0 Å². The van der Waals surface area contributed by atoms with Crippen LogP contribution in [-0.2, 0) is 0 Å². The van der Waals surface area contributed by atoms with E-state index in [-0.39, 0.29) is 11.8 Å². The smallest absolute Gasteiger partial charge is 0.260 e. The Morgan fingerprint density at radius 1 is 0.889 bits per heavy atom. The molecule has 0 unspecified atom stereocenters. The molecule has 2 amide bonds. The first-order chi connectivity index (χ1) is 12.9. The molecule has 4 N–H and O–H groups in total. The van der Waals surface area contributed by atoms with Gasteiger partial charge in [0, 0.05) is 17.1 Å². The molecule has 0 saturated heterocycles. The van der Waals surface area contributed by atoms with Crippen molar-refractivity contribution in [2.24, 2.45) is 0 Å². The summed E-state index contributed by atoms with van der Waals surface area (Å²) in [7, 11) is 0. The number of benzene rings is 2. The molecule has 0 spiro atoms. The van der Waals surface area contributed by atoms with Gasteiger partial charge < -0.3 is 20.9 Å². The van der Waals surface area contributed by atoms with Crippen LogP contribution in [0.1, 0.15) is 37.6 Å². The number of aryl methyl sites for hydroxylation is 3. The van der Waals surface area contributed by atoms with E-state index in [2.05, 4.69) is 15.8 Å². The van der Waals surface area contributed by atoms with E-state index in [1.54, 1.807) is 31.2 Å². The molecule has 2 aromatic carbocycles.